The Balaban J connectivity index is 1.59. The lowest BCUT2D eigenvalue weighted by Gasteiger charge is -2.28. The number of morpholine rings is 1. The van der Waals surface area contributed by atoms with Crippen LogP contribution in [-0.2, 0) is 9.53 Å². The van der Waals surface area contributed by atoms with Gasteiger partial charge in [0.25, 0.3) is 11.6 Å². The topological polar surface area (TPSA) is 88.8 Å². The van der Waals surface area contributed by atoms with E-state index >= 15 is 0 Å². The van der Waals surface area contributed by atoms with Crippen LogP contribution < -0.4 is 4.90 Å². The van der Waals surface area contributed by atoms with E-state index < -0.39 is 4.92 Å². The first-order valence-corrected chi connectivity index (χ1v) is 12.6. The van der Waals surface area contributed by atoms with Crippen molar-refractivity contribution in [3.63, 3.8) is 0 Å². The normalized spacial score (nSPS) is 14.7. The lowest BCUT2D eigenvalue weighted by Crippen LogP contribution is -2.42. The van der Waals surface area contributed by atoms with Crippen molar-refractivity contribution >= 4 is 56.1 Å². The molecule has 0 spiro atoms. The number of hydrogen-bond acceptors (Lipinski definition) is 8. The summed E-state index contributed by atoms with van der Waals surface area (Å²) in [6.07, 6.45) is 5.08. The Labute approximate surface area is 200 Å². The second-order valence-electron chi connectivity index (χ2n) is 7.43. The summed E-state index contributed by atoms with van der Waals surface area (Å²) < 4.78 is 6.46. The summed E-state index contributed by atoms with van der Waals surface area (Å²) >= 11 is 3.12. The molecule has 1 aliphatic rings. The third kappa shape index (κ3) is 5.77. The highest BCUT2D eigenvalue weighted by Gasteiger charge is 2.21. The Hall–Kier alpha value is -2.79. The van der Waals surface area contributed by atoms with E-state index in [1.165, 1.54) is 29.5 Å². The molecule has 1 fully saturated rings. The van der Waals surface area contributed by atoms with Crippen LogP contribution in [-0.4, -0.2) is 66.4 Å². The average Bonchev–Trinajstić information content (AvgIpc) is 3.27. The Morgan fingerprint density at radius 2 is 2.09 bits per heavy atom. The fraction of sp³-hybridized carbons (Fsp3) is 0.304. The lowest BCUT2D eigenvalue weighted by atomic mass is 10.2. The molecule has 0 radical (unpaired) electrons. The van der Waals surface area contributed by atoms with Crippen molar-refractivity contribution in [3.05, 3.63) is 64.2 Å². The third-order valence-electron chi connectivity index (χ3n) is 5.33. The van der Waals surface area contributed by atoms with Crippen LogP contribution in [0.4, 0.5) is 10.8 Å². The molecule has 0 saturated carbocycles. The first-order valence-electron chi connectivity index (χ1n) is 10.5. The third-order valence-corrected chi connectivity index (χ3v) is 7.14. The van der Waals surface area contributed by atoms with Crippen molar-refractivity contribution in [1.29, 1.82) is 0 Å². The molecule has 0 unspecified atom stereocenters. The van der Waals surface area contributed by atoms with Gasteiger partial charge in [0.15, 0.2) is 5.13 Å². The lowest BCUT2D eigenvalue weighted by molar-refractivity contribution is -0.384. The highest BCUT2D eigenvalue weighted by atomic mass is 32.2. The molecule has 1 amide bonds. The summed E-state index contributed by atoms with van der Waals surface area (Å²) in [5.41, 5.74) is 1.49. The molecule has 0 atom stereocenters. The van der Waals surface area contributed by atoms with Crippen LogP contribution in [0.1, 0.15) is 5.56 Å². The summed E-state index contributed by atoms with van der Waals surface area (Å²) in [4.78, 5) is 33.7. The maximum Gasteiger partial charge on any atom is 0.270 e. The van der Waals surface area contributed by atoms with E-state index in [1.807, 2.05) is 24.5 Å². The quantitative estimate of drug-likeness (QED) is 0.204. The fourth-order valence-electron chi connectivity index (χ4n) is 3.56. The Morgan fingerprint density at radius 1 is 1.30 bits per heavy atom. The van der Waals surface area contributed by atoms with E-state index in [4.69, 9.17) is 9.72 Å². The van der Waals surface area contributed by atoms with Gasteiger partial charge in [-0.25, -0.2) is 4.98 Å². The van der Waals surface area contributed by atoms with Crippen LogP contribution in [0.3, 0.4) is 0 Å². The van der Waals surface area contributed by atoms with E-state index in [-0.39, 0.29) is 11.6 Å². The maximum atomic E-state index is 13.3. The molecule has 1 saturated heterocycles. The second-order valence-corrected chi connectivity index (χ2v) is 9.29. The minimum Gasteiger partial charge on any atom is -0.379 e. The summed E-state index contributed by atoms with van der Waals surface area (Å²) in [6, 6.07) is 12.3. The number of thiazole rings is 1. The molecule has 0 N–H and O–H groups in total. The van der Waals surface area contributed by atoms with Gasteiger partial charge in [0.05, 0.1) is 28.4 Å². The van der Waals surface area contributed by atoms with Gasteiger partial charge in [0.1, 0.15) is 0 Å². The SMILES string of the molecule is CSc1cccc2sc(N(CCN3CCOCC3)C(=O)/C=C/c3cccc([N+](=O)[O-])c3)nc12. The number of non-ortho nitro benzene ring substituents is 1. The van der Waals surface area contributed by atoms with E-state index in [2.05, 4.69) is 4.90 Å². The molecule has 33 heavy (non-hydrogen) atoms. The number of fused-ring (bicyclic) bond motifs is 1. The van der Waals surface area contributed by atoms with Crippen LogP contribution in [0.15, 0.2) is 53.4 Å². The first kappa shape index (κ1) is 23.4. The second kappa shape index (κ2) is 10.9. The molecule has 10 heteroatoms. The molecule has 0 bridgehead atoms. The standard InChI is InChI=1S/C23H24N4O4S2/c1-32-19-6-3-7-20-22(19)24-23(33-20)26(11-10-25-12-14-31-15-13-25)21(28)9-8-17-4-2-5-18(16-17)27(29)30/h2-9,16H,10-15H2,1H3/b9-8+. The van der Waals surface area contributed by atoms with Gasteiger partial charge < -0.3 is 4.74 Å². The summed E-state index contributed by atoms with van der Waals surface area (Å²) in [5.74, 6) is -0.209. The number of ether oxygens (including phenoxy) is 1. The number of nitro benzene ring substituents is 1. The number of thioether (sulfide) groups is 1. The minimum atomic E-state index is -0.446. The van der Waals surface area contributed by atoms with Gasteiger partial charge >= 0.3 is 0 Å². The van der Waals surface area contributed by atoms with E-state index in [1.54, 1.807) is 34.9 Å². The molecule has 8 nitrogen and oxygen atoms in total. The highest BCUT2D eigenvalue weighted by molar-refractivity contribution is 7.98. The van der Waals surface area contributed by atoms with Gasteiger partial charge in [-0.1, -0.05) is 29.5 Å². The predicted molar refractivity (Wildman–Crippen MR) is 133 cm³/mol. The predicted octanol–water partition coefficient (Wildman–Crippen LogP) is 4.31. The highest BCUT2D eigenvalue weighted by Crippen LogP contribution is 2.34. The number of hydrogen-bond donors (Lipinski definition) is 0. The zero-order valence-electron chi connectivity index (χ0n) is 18.2. The fourth-order valence-corrected chi connectivity index (χ4v) is 5.21. The van der Waals surface area contributed by atoms with Crippen LogP contribution >= 0.6 is 23.1 Å². The largest absolute Gasteiger partial charge is 0.379 e. The van der Waals surface area contributed by atoms with E-state index in [0.717, 1.165) is 28.2 Å². The van der Waals surface area contributed by atoms with Gasteiger partial charge in [-0.2, -0.15) is 0 Å². The van der Waals surface area contributed by atoms with Crippen molar-refractivity contribution < 1.29 is 14.5 Å². The monoisotopic (exact) mass is 484 g/mol. The number of anilines is 1. The summed E-state index contributed by atoms with van der Waals surface area (Å²) in [6.45, 7) is 4.26. The Morgan fingerprint density at radius 3 is 2.85 bits per heavy atom. The molecule has 1 aliphatic heterocycles. The van der Waals surface area contributed by atoms with Crippen molar-refractivity contribution in [2.75, 3.05) is 50.5 Å². The van der Waals surface area contributed by atoms with Crippen molar-refractivity contribution in [1.82, 2.24) is 9.88 Å². The Kier molecular flexibility index (Phi) is 7.71. The number of nitro groups is 1. The maximum absolute atomic E-state index is 13.3. The smallest absolute Gasteiger partial charge is 0.270 e. The zero-order valence-corrected chi connectivity index (χ0v) is 19.8. The van der Waals surface area contributed by atoms with Gasteiger partial charge in [-0.05, 0) is 30.0 Å². The number of carbonyl (C=O) groups is 1. The van der Waals surface area contributed by atoms with Crippen molar-refractivity contribution in [3.8, 4) is 0 Å². The van der Waals surface area contributed by atoms with Crippen LogP contribution in [0, 0.1) is 10.1 Å². The number of aromatic nitrogens is 1. The molecular weight excluding hydrogens is 460 g/mol. The van der Waals surface area contributed by atoms with Crippen LogP contribution in [0.25, 0.3) is 16.3 Å². The number of carbonyl (C=O) groups excluding carboxylic acids is 1. The van der Waals surface area contributed by atoms with Crippen LogP contribution in [0.5, 0.6) is 0 Å². The first-order chi connectivity index (χ1) is 16.0. The average molecular weight is 485 g/mol. The molecule has 1 aromatic heterocycles. The molecule has 2 heterocycles. The van der Waals surface area contributed by atoms with Gasteiger partial charge in [0, 0.05) is 49.3 Å². The molecule has 2 aromatic carbocycles. The van der Waals surface area contributed by atoms with Gasteiger partial charge in [0.2, 0.25) is 0 Å². The zero-order chi connectivity index (χ0) is 23.2. The van der Waals surface area contributed by atoms with Crippen molar-refractivity contribution in [2.24, 2.45) is 0 Å². The van der Waals surface area contributed by atoms with Gasteiger partial charge in [-0.15, -0.1) is 11.8 Å². The number of nitrogens with zero attached hydrogens (tertiary/aromatic N) is 4. The van der Waals surface area contributed by atoms with Crippen molar-refractivity contribution in [2.45, 2.75) is 4.90 Å². The van der Waals surface area contributed by atoms with E-state index in [9.17, 15) is 14.9 Å². The molecule has 3 aromatic rings. The molecule has 0 aliphatic carbocycles. The molecular formula is C23H24N4O4S2. The minimum absolute atomic E-state index is 0.00968. The number of rotatable bonds is 8. The van der Waals surface area contributed by atoms with E-state index in [0.29, 0.717) is 37.0 Å². The molecule has 172 valence electrons. The molecule has 4 rings (SSSR count). The van der Waals surface area contributed by atoms with Gasteiger partial charge in [-0.3, -0.25) is 24.7 Å². The number of benzene rings is 2. The van der Waals surface area contributed by atoms with Crippen LogP contribution in [0.2, 0.25) is 0 Å². The summed E-state index contributed by atoms with van der Waals surface area (Å²) in [5, 5.41) is 11.7. The Bertz CT molecular complexity index is 1170. The summed E-state index contributed by atoms with van der Waals surface area (Å²) in [7, 11) is 0. The number of para-hydroxylation sites is 1. The number of amides is 1.